The van der Waals surface area contributed by atoms with Crippen molar-refractivity contribution in [2.45, 2.75) is 20.0 Å². The minimum Gasteiger partial charge on any atom is -0.377 e. The van der Waals surface area contributed by atoms with E-state index in [9.17, 15) is 0 Å². The van der Waals surface area contributed by atoms with E-state index in [4.69, 9.17) is 4.74 Å². The number of hydrogen-bond donors (Lipinski definition) is 0. The van der Waals surface area contributed by atoms with Crippen LogP contribution in [0.15, 0.2) is 30.5 Å². The largest absolute Gasteiger partial charge is 0.377 e. The Morgan fingerprint density at radius 3 is 2.35 bits per heavy atom. The van der Waals surface area contributed by atoms with Crippen molar-refractivity contribution in [3.8, 4) is 11.4 Å². The number of anilines is 1. The molecule has 20 heavy (non-hydrogen) atoms. The Labute approximate surface area is 120 Å². The van der Waals surface area contributed by atoms with Gasteiger partial charge in [0, 0.05) is 38.5 Å². The summed E-state index contributed by atoms with van der Waals surface area (Å²) in [7, 11) is 5.69. The lowest BCUT2D eigenvalue weighted by atomic mass is 10.1. The lowest BCUT2D eigenvalue weighted by molar-refractivity contribution is 0.119. The molecule has 1 aromatic heterocycles. The molecular weight excluding hydrogens is 250 g/mol. The van der Waals surface area contributed by atoms with Crippen LogP contribution in [0, 0.1) is 6.92 Å². The first kappa shape index (κ1) is 14.5. The molecule has 0 N–H and O–H groups in total. The average Bonchev–Trinajstić information content (AvgIpc) is 2.47. The topological polar surface area (TPSA) is 38.2 Å². The lowest BCUT2D eigenvalue weighted by Crippen LogP contribution is -2.13. The van der Waals surface area contributed by atoms with Gasteiger partial charge in [-0.05, 0) is 19.4 Å². The molecule has 0 saturated heterocycles. The van der Waals surface area contributed by atoms with Crippen LogP contribution in [0.4, 0.5) is 5.82 Å². The van der Waals surface area contributed by atoms with Gasteiger partial charge in [0.15, 0.2) is 5.82 Å². The Morgan fingerprint density at radius 2 is 1.80 bits per heavy atom. The summed E-state index contributed by atoms with van der Waals surface area (Å²) in [5, 5.41) is 0. The number of methoxy groups -OCH3 is 1. The Morgan fingerprint density at radius 1 is 1.15 bits per heavy atom. The number of rotatable bonds is 4. The average molecular weight is 271 g/mol. The van der Waals surface area contributed by atoms with E-state index < -0.39 is 0 Å². The van der Waals surface area contributed by atoms with E-state index >= 15 is 0 Å². The fourth-order valence-electron chi connectivity index (χ4n) is 2.06. The highest BCUT2D eigenvalue weighted by atomic mass is 16.5. The van der Waals surface area contributed by atoms with E-state index in [0.29, 0.717) is 0 Å². The van der Waals surface area contributed by atoms with Gasteiger partial charge in [0.05, 0.1) is 6.10 Å². The molecule has 1 aromatic carbocycles. The summed E-state index contributed by atoms with van der Waals surface area (Å²) < 4.78 is 5.31. The third-order valence-electron chi connectivity index (χ3n) is 3.36. The monoisotopic (exact) mass is 271 g/mol. The maximum absolute atomic E-state index is 5.31. The highest BCUT2D eigenvalue weighted by molar-refractivity contribution is 5.59. The maximum Gasteiger partial charge on any atom is 0.161 e. The molecule has 4 nitrogen and oxygen atoms in total. The summed E-state index contributed by atoms with van der Waals surface area (Å²) in [5.74, 6) is 1.69. The number of aromatic nitrogens is 2. The quantitative estimate of drug-likeness (QED) is 0.855. The zero-order valence-electron chi connectivity index (χ0n) is 12.7. The van der Waals surface area contributed by atoms with E-state index in [1.807, 2.05) is 51.2 Å². The second-order valence-electron chi connectivity index (χ2n) is 5.09. The van der Waals surface area contributed by atoms with Crippen molar-refractivity contribution in [2.75, 3.05) is 26.1 Å². The van der Waals surface area contributed by atoms with Crippen LogP contribution in [0.3, 0.4) is 0 Å². The molecule has 1 heterocycles. The zero-order chi connectivity index (χ0) is 14.7. The van der Waals surface area contributed by atoms with Crippen molar-refractivity contribution in [3.05, 3.63) is 41.6 Å². The molecule has 0 aliphatic carbocycles. The first-order chi connectivity index (χ1) is 9.52. The van der Waals surface area contributed by atoms with E-state index in [0.717, 1.165) is 28.3 Å². The van der Waals surface area contributed by atoms with Crippen molar-refractivity contribution >= 4 is 5.82 Å². The van der Waals surface area contributed by atoms with Crippen LogP contribution < -0.4 is 4.90 Å². The summed E-state index contributed by atoms with van der Waals surface area (Å²) >= 11 is 0. The fourth-order valence-corrected chi connectivity index (χ4v) is 2.06. The molecule has 4 heteroatoms. The summed E-state index contributed by atoms with van der Waals surface area (Å²) in [5.41, 5.74) is 3.24. The zero-order valence-corrected chi connectivity index (χ0v) is 12.7. The van der Waals surface area contributed by atoms with Crippen LogP contribution in [-0.2, 0) is 4.74 Å². The number of aryl methyl sites for hydroxylation is 1. The predicted octanol–water partition coefficient (Wildman–Crippen LogP) is 3.23. The van der Waals surface area contributed by atoms with Gasteiger partial charge in [-0.25, -0.2) is 9.97 Å². The van der Waals surface area contributed by atoms with Crippen LogP contribution in [0.25, 0.3) is 11.4 Å². The third kappa shape index (κ3) is 2.96. The van der Waals surface area contributed by atoms with Gasteiger partial charge in [0.2, 0.25) is 0 Å². The van der Waals surface area contributed by atoms with E-state index in [1.54, 1.807) is 7.11 Å². The van der Waals surface area contributed by atoms with Gasteiger partial charge in [-0.15, -0.1) is 0 Å². The van der Waals surface area contributed by atoms with Crippen LogP contribution in [-0.4, -0.2) is 31.2 Å². The highest BCUT2D eigenvalue weighted by Crippen LogP contribution is 2.23. The molecule has 0 saturated carbocycles. The number of nitrogens with zero attached hydrogens (tertiary/aromatic N) is 3. The van der Waals surface area contributed by atoms with Gasteiger partial charge < -0.3 is 9.64 Å². The van der Waals surface area contributed by atoms with Gasteiger partial charge in [-0.1, -0.05) is 24.3 Å². The van der Waals surface area contributed by atoms with Crippen LogP contribution in [0.1, 0.15) is 24.2 Å². The first-order valence-corrected chi connectivity index (χ1v) is 6.67. The molecule has 1 atom stereocenters. The summed E-state index contributed by atoms with van der Waals surface area (Å²) in [6.07, 6.45) is 1.96. The van der Waals surface area contributed by atoms with Crippen molar-refractivity contribution in [2.24, 2.45) is 0 Å². The highest BCUT2D eigenvalue weighted by Gasteiger charge is 2.09. The summed E-state index contributed by atoms with van der Waals surface area (Å²) in [6.45, 7) is 4.05. The molecule has 0 aliphatic heterocycles. The molecule has 0 amide bonds. The normalized spacial score (nSPS) is 12.2. The van der Waals surface area contributed by atoms with Gasteiger partial charge in [0.25, 0.3) is 0 Å². The Balaban J connectivity index is 2.34. The minimum atomic E-state index is 0.0975. The van der Waals surface area contributed by atoms with E-state index in [2.05, 4.69) is 22.1 Å². The van der Waals surface area contributed by atoms with Crippen molar-refractivity contribution < 1.29 is 4.74 Å². The molecule has 0 fully saturated rings. The Hall–Kier alpha value is -1.94. The molecule has 106 valence electrons. The number of benzene rings is 1. The molecule has 2 aromatic rings. The summed E-state index contributed by atoms with van der Waals surface area (Å²) in [4.78, 5) is 11.0. The first-order valence-electron chi connectivity index (χ1n) is 6.67. The molecule has 0 radical (unpaired) electrons. The van der Waals surface area contributed by atoms with Gasteiger partial charge in [-0.2, -0.15) is 0 Å². The fraction of sp³-hybridized carbons (Fsp3) is 0.375. The Kier molecular flexibility index (Phi) is 4.35. The predicted molar refractivity (Wildman–Crippen MR) is 82.0 cm³/mol. The SMILES string of the molecule is CO[C@H](C)c1ccc(-c2ncc(C)c(N(C)C)n2)cc1. The van der Waals surface area contributed by atoms with Gasteiger partial charge in [0.1, 0.15) is 5.82 Å². The molecule has 0 bridgehead atoms. The van der Waals surface area contributed by atoms with Gasteiger partial charge >= 0.3 is 0 Å². The van der Waals surface area contributed by atoms with Crippen LogP contribution >= 0.6 is 0 Å². The van der Waals surface area contributed by atoms with Crippen molar-refractivity contribution in [3.63, 3.8) is 0 Å². The number of hydrogen-bond acceptors (Lipinski definition) is 4. The summed E-state index contributed by atoms with van der Waals surface area (Å²) in [6, 6.07) is 8.19. The maximum atomic E-state index is 5.31. The molecular formula is C16H21N3O. The van der Waals surface area contributed by atoms with Gasteiger partial charge in [-0.3, -0.25) is 0 Å². The van der Waals surface area contributed by atoms with Crippen LogP contribution in [0.2, 0.25) is 0 Å². The molecule has 0 aliphatic rings. The second kappa shape index (κ2) is 6.01. The number of ether oxygens (including phenoxy) is 1. The van der Waals surface area contributed by atoms with Crippen molar-refractivity contribution in [1.82, 2.24) is 9.97 Å². The minimum absolute atomic E-state index is 0.0975. The second-order valence-corrected chi connectivity index (χ2v) is 5.09. The molecule has 2 rings (SSSR count). The lowest BCUT2D eigenvalue weighted by Gasteiger charge is -2.15. The van der Waals surface area contributed by atoms with Crippen molar-refractivity contribution in [1.29, 1.82) is 0 Å². The van der Waals surface area contributed by atoms with Crippen LogP contribution in [0.5, 0.6) is 0 Å². The van der Waals surface area contributed by atoms with E-state index in [-0.39, 0.29) is 6.10 Å². The van der Waals surface area contributed by atoms with E-state index in [1.165, 1.54) is 0 Å². The molecule has 0 spiro atoms. The Bertz CT molecular complexity index is 579. The molecule has 0 unspecified atom stereocenters. The third-order valence-corrected chi connectivity index (χ3v) is 3.36. The smallest absolute Gasteiger partial charge is 0.161 e. The standard InChI is InChI=1S/C16H21N3O/c1-11-10-17-15(18-16(11)19(3)4)14-8-6-13(7-9-14)12(2)20-5/h6-10,12H,1-5H3/t12-/m1/s1.